The summed E-state index contributed by atoms with van der Waals surface area (Å²) in [6.45, 7) is 2.96. The third-order valence-corrected chi connectivity index (χ3v) is 3.43. The molecule has 0 saturated carbocycles. The second-order valence-electron chi connectivity index (χ2n) is 5.19. The summed E-state index contributed by atoms with van der Waals surface area (Å²) in [5.74, 6) is 1.28. The molecule has 122 valence electrons. The molecule has 2 heterocycles. The second kappa shape index (κ2) is 7.41. The summed E-state index contributed by atoms with van der Waals surface area (Å²) in [5.41, 5.74) is 2.30. The second-order valence-corrected chi connectivity index (χ2v) is 5.19. The summed E-state index contributed by atoms with van der Waals surface area (Å²) in [4.78, 5) is 15.9. The molecule has 6 heteroatoms. The Morgan fingerprint density at radius 3 is 2.71 bits per heavy atom. The molecule has 6 nitrogen and oxygen atoms in total. The van der Waals surface area contributed by atoms with Gasteiger partial charge in [0.15, 0.2) is 5.76 Å². The highest BCUT2D eigenvalue weighted by atomic mass is 16.5. The van der Waals surface area contributed by atoms with Crippen molar-refractivity contribution in [1.29, 1.82) is 0 Å². The summed E-state index contributed by atoms with van der Waals surface area (Å²) in [6.07, 6.45) is 1.55. The van der Waals surface area contributed by atoms with Crippen molar-refractivity contribution < 1.29 is 9.32 Å². The van der Waals surface area contributed by atoms with E-state index < -0.39 is 0 Å². The van der Waals surface area contributed by atoms with Crippen molar-refractivity contribution in [2.24, 2.45) is 0 Å². The molecule has 0 fully saturated rings. The Bertz CT molecular complexity index is 797. The minimum Gasteiger partial charge on any atom is -0.364 e. The molecule has 0 spiro atoms. The number of hydrogen-bond acceptors (Lipinski definition) is 5. The molecule has 0 saturated heterocycles. The molecule has 0 bridgehead atoms. The maximum atomic E-state index is 11.7. The van der Waals surface area contributed by atoms with Gasteiger partial charge in [-0.15, -0.1) is 0 Å². The van der Waals surface area contributed by atoms with Gasteiger partial charge in [-0.1, -0.05) is 35.5 Å². The van der Waals surface area contributed by atoms with Crippen LogP contribution in [0.3, 0.4) is 0 Å². The number of nitrogens with zero attached hydrogens (tertiary/aromatic N) is 2. The van der Waals surface area contributed by atoms with Crippen molar-refractivity contribution in [2.75, 3.05) is 11.9 Å². The highest BCUT2D eigenvalue weighted by molar-refractivity contribution is 5.93. The smallest absolute Gasteiger partial charge is 0.252 e. The molecular formula is C18H18N4O2. The standard InChI is InChI=1S/C18H18N4O2/c1-2-19-18(23)14-8-9-17(20-11-14)21-12-15-10-16(24-22-15)13-6-4-3-5-7-13/h3-11H,2,12H2,1H3,(H,19,23)(H,20,21). The maximum absolute atomic E-state index is 11.7. The van der Waals surface area contributed by atoms with Gasteiger partial charge in [0.2, 0.25) is 0 Å². The summed E-state index contributed by atoms with van der Waals surface area (Å²) < 4.78 is 5.35. The largest absolute Gasteiger partial charge is 0.364 e. The Labute approximate surface area is 139 Å². The molecule has 0 atom stereocenters. The van der Waals surface area contributed by atoms with Gasteiger partial charge in [0.05, 0.1) is 12.1 Å². The summed E-state index contributed by atoms with van der Waals surface area (Å²) in [6, 6.07) is 15.2. The predicted octanol–water partition coefficient (Wildman–Crippen LogP) is 3.10. The van der Waals surface area contributed by atoms with Crippen molar-refractivity contribution in [3.63, 3.8) is 0 Å². The molecule has 3 aromatic rings. The Balaban J connectivity index is 1.60. The lowest BCUT2D eigenvalue weighted by Crippen LogP contribution is -2.22. The van der Waals surface area contributed by atoms with Gasteiger partial charge < -0.3 is 15.2 Å². The highest BCUT2D eigenvalue weighted by Gasteiger charge is 2.07. The minimum absolute atomic E-state index is 0.124. The van der Waals surface area contributed by atoms with E-state index in [0.717, 1.165) is 17.0 Å². The first kappa shape index (κ1) is 15.7. The highest BCUT2D eigenvalue weighted by Crippen LogP contribution is 2.20. The van der Waals surface area contributed by atoms with Crippen LogP contribution in [0.25, 0.3) is 11.3 Å². The Hall–Kier alpha value is -3.15. The average Bonchev–Trinajstić information content (AvgIpc) is 3.10. The Morgan fingerprint density at radius 2 is 2.00 bits per heavy atom. The molecule has 0 aliphatic rings. The number of carbonyl (C=O) groups is 1. The molecule has 1 aromatic carbocycles. The van der Waals surface area contributed by atoms with Gasteiger partial charge in [0.25, 0.3) is 5.91 Å². The normalized spacial score (nSPS) is 10.4. The first-order chi connectivity index (χ1) is 11.8. The van der Waals surface area contributed by atoms with Crippen LogP contribution < -0.4 is 10.6 Å². The summed E-state index contributed by atoms with van der Waals surface area (Å²) in [5, 5.41) is 9.94. The van der Waals surface area contributed by atoms with Crippen LogP contribution in [0.2, 0.25) is 0 Å². The third kappa shape index (κ3) is 3.78. The fourth-order valence-electron chi connectivity index (χ4n) is 2.21. The average molecular weight is 322 g/mol. The monoisotopic (exact) mass is 322 g/mol. The van der Waals surface area contributed by atoms with E-state index in [9.17, 15) is 4.79 Å². The lowest BCUT2D eigenvalue weighted by molar-refractivity contribution is 0.0955. The molecular weight excluding hydrogens is 304 g/mol. The van der Waals surface area contributed by atoms with Crippen molar-refractivity contribution in [3.05, 3.63) is 66.0 Å². The van der Waals surface area contributed by atoms with E-state index in [1.807, 2.05) is 43.3 Å². The van der Waals surface area contributed by atoms with E-state index in [-0.39, 0.29) is 5.91 Å². The zero-order chi connectivity index (χ0) is 16.8. The summed E-state index contributed by atoms with van der Waals surface area (Å²) >= 11 is 0. The first-order valence-electron chi connectivity index (χ1n) is 7.75. The molecule has 2 aromatic heterocycles. The maximum Gasteiger partial charge on any atom is 0.252 e. The van der Waals surface area contributed by atoms with Crippen LogP contribution in [0, 0.1) is 0 Å². The van der Waals surface area contributed by atoms with Crippen LogP contribution in [0.15, 0.2) is 59.3 Å². The zero-order valence-corrected chi connectivity index (χ0v) is 13.3. The van der Waals surface area contributed by atoms with Crippen LogP contribution in [0.1, 0.15) is 23.0 Å². The topological polar surface area (TPSA) is 80.0 Å². The van der Waals surface area contributed by atoms with Gasteiger partial charge in [0.1, 0.15) is 11.5 Å². The van der Waals surface area contributed by atoms with E-state index in [0.29, 0.717) is 24.5 Å². The molecule has 0 unspecified atom stereocenters. The number of nitrogens with one attached hydrogen (secondary N) is 2. The number of aromatic nitrogens is 2. The fourth-order valence-corrected chi connectivity index (χ4v) is 2.21. The van der Waals surface area contributed by atoms with Crippen LogP contribution in [0.5, 0.6) is 0 Å². The molecule has 0 aliphatic carbocycles. The van der Waals surface area contributed by atoms with Crippen molar-refractivity contribution in [3.8, 4) is 11.3 Å². The predicted molar refractivity (Wildman–Crippen MR) is 91.5 cm³/mol. The minimum atomic E-state index is -0.124. The molecule has 24 heavy (non-hydrogen) atoms. The van der Waals surface area contributed by atoms with Gasteiger partial charge in [-0.25, -0.2) is 4.98 Å². The Kier molecular flexibility index (Phi) is 4.86. The third-order valence-electron chi connectivity index (χ3n) is 3.43. The van der Waals surface area contributed by atoms with Gasteiger partial charge in [-0.05, 0) is 19.1 Å². The van der Waals surface area contributed by atoms with Gasteiger partial charge in [0, 0.05) is 24.4 Å². The first-order valence-corrected chi connectivity index (χ1v) is 7.75. The quantitative estimate of drug-likeness (QED) is 0.729. The molecule has 1 amide bonds. The molecule has 0 aliphatic heterocycles. The number of carbonyl (C=O) groups excluding carboxylic acids is 1. The lowest BCUT2D eigenvalue weighted by Gasteiger charge is -2.05. The molecule has 3 rings (SSSR count). The number of benzene rings is 1. The van der Waals surface area contributed by atoms with Crippen LogP contribution in [0.4, 0.5) is 5.82 Å². The van der Waals surface area contributed by atoms with E-state index >= 15 is 0 Å². The van der Waals surface area contributed by atoms with E-state index in [4.69, 9.17) is 4.52 Å². The SMILES string of the molecule is CCNC(=O)c1ccc(NCc2cc(-c3ccccc3)on2)nc1. The molecule has 0 radical (unpaired) electrons. The zero-order valence-electron chi connectivity index (χ0n) is 13.3. The number of anilines is 1. The fraction of sp³-hybridized carbons (Fsp3) is 0.167. The van der Waals surface area contributed by atoms with Gasteiger partial charge >= 0.3 is 0 Å². The Morgan fingerprint density at radius 1 is 1.17 bits per heavy atom. The number of rotatable bonds is 6. The van der Waals surface area contributed by atoms with E-state index in [2.05, 4.69) is 20.8 Å². The number of hydrogen-bond donors (Lipinski definition) is 2. The summed E-state index contributed by atoms with van der Waals surface area (Å²) in [7, 11) is 0. The van der Waals surface area contributed by atoms with Crippen LogP contribution >= 0.6 is 0 Å². The van der Waals surface area contributed by atoms with Gasteiger partial charge in [-0.3, -0.25) is 4.79 Å². The lowest BCUT2D eigenvalue weighted by atomic mass is 10.2. The van der Waals surface area contributed by atoms with Crippen molar-refractivity contribution in [1.82, 2.24) is 15.5 Å². The van der Waals surface area contributed by atoms with Crippen molar-refractivity contribution >= 4 is 11.7 Å². The van der Waals surface area contributed by atoms with Crippen molar-refractivity contribution in [2.45, 2.75) is 13.5 Å². The van der Waals surface area contributed by atoms with E-state index in [1.165, 1.54) is 0 Å². The van der Waals surface area contributed by atoms with E-state index in [1.54, 1.807) is 18.3 Å². The van der Waals surface area contributed by atoms with Crippen LogP contribution in [-0.4, -0.2) is 22.6 Å². The van der Waals surface area contributed by atoms with Crippen LogP contribution in [-0.2, 0) is 6.54 Å². The number of pyridine rings is 1. The van der Waals surface area contributed by atoms with Gasteiger partial charge in [-0.2, -0.15) is 0 Å². The molecule has 2 N–H and O–H groups in total. The number of amides is 1.